The minimum absolute atomic E-state index is 0.00510. The Morgan fingerprint density at radius 3 is 2.23 bits per heavy atom. The highest BCUT2D eigenvalue weighted by molar-refractivity contribution is 7.89. The third-order valence-corrected chi connectivity index (χ3v) is 6.38. The third kappa shape index (κ3) is 3.13. The van der Waals surface area contributed by atoms with Crippen molar-refractivity contribution >= 4 is 33.2 Å². The second kappa shape index (κ2) is 6.16. The van der Waals surface area contributed by atoms with Crippen molar-refractivity contribution in [3.63, 3.8) is 0 Å². The number of rotatable bonds is 5. The molecule has 0 spiro atoms. The van der Waals surface area contributed by atoms with Crippen molar-refractivity contribution in [2.45, 2.75) is 30.3 Å². The lowest BCUT2D eigenvalue weighted by molar-refractivity contribution is 0.398. The summed E-state index contributed by atoms with van der Waals surface area (Å²) in [6.45, 7) is 0.289. The van der Waals surface area contributed by atoms with Gasteiger partial charge in [-0.25, -0.2) is 8.42 Å². The fraction of sp³-hybridized carbons (Fsp3) is 0.267. The number of pyridine rings is 1. The van der Waals surface area contributed by atoms with Crippen molar-refractivity contribution in [3.05, 3.63) is 58.3 Å². The van der Waals surface area contributed by atoms with Crippen molar-refractivity contribution in [2.24, 2.45) is 0 Å². The van der Waals surface area contributed by atoms with Crippen LogP contribution in [0, 0.1) is 0 Å². The summed E-state index contributed by atoms with van der Waals surface area (Å²) in [4.78, 5) is 3.94. The maximum Gasteiger partial charge on any atom is 0.246 e. The normalized spacial score (nSPS) is 15.2. The molecule has 0 aliphatic heterocycles. The molecule has 116 valence electrons. The maximum atomic E-state index is 13.0. The molecule has 1 aliphatic carbocycles. The molecule has 0 unspecified atom stereocenters. The Morgan fingerprint density at radius 1 is 1.09 bits per heavy atom. The maximum absolute atomic E-state index is 13.0. The molecule has 1 heterocycles. The average Bonchev–Trinajstić information content (AvgIpc) is 3.29. The van der Waals surface area contributed by atoms with Crippen molar-refractivity contribution in [1.29, 1.82) is 0 Å². The molecule has 22 heavy (non-hydrogen) atoms. The number of sulfonamides is 1. The van der Waals surface area contributed by atoms with Gasteiger partial charge >= 0.3 is 0 Å². The van der Waals surface area contributed by atoms with E-state index < -0.39 is 10.0 Å². The van der Waals surface area contributed by atoms with E-state index in [1.165, 1.54) is 16.4 Å². The zero-order valence-electron chi connectivity index (χ0n) is 11.6. The summed E-state index contributed by atoms with van der Waals surface area (Å²) in [6, 6.07) is 8.33. The van der Waals surface area contributed by atoms with E-state index in [0.717, 1.165) is 18.4 Å². The van der Waals surface area contributed by atoms with E-state index in [4.69, 9.17) is 23.2 Å². The van der Waals surface area contributed by atoms with Crippen LogP contribution in [0.3, 0.4) is 0 Å². The quantitative estimate of drug-likeness (QED) is 0.819. The summed E-state index contributed by atoms with van der Waals surface area (Å²) in [5, 5.41) is 0.292. The summed E-state index contributed by atoms with van der Waals surface area (Å²) < 4.78 is 27.5. The van der Waals surface area contributed by atoms with Gasteiger partial charge in [0, 0.05) is 25.0 Å². The molecule has 4 nitrogen and oxygen atoms in total. The van der Waals surface area contributed by atoms with E-state index in [0.29, 0.717) is 0 Å². The Bertz CT molecular complexity index is 757. The summed E-state index contributed by atoms with van der Waals surface area (Å²) in [5.41, 5.74) is 0.883. The fourth-order valence-corrected chi connectivity index (χ4v) is 5.06. The van der Waals surface area contributed by atoms with E-state index in [-0.39, 0.29) is 27.5 Å². The first-order valence-electron chi connectivity index (χ1n) is 6.85. The SMILES string of the molecule is O=S(=O)(c1c(Cl)cccc1Cl)N(Cc1ccncc1)C1CC1. The topological polar surface area (TPSA) is 50.3 Å². The monoisotopic (exact) mass is 356 g/mol. The zero-order chi connectivity index (χ0) is 15.7. The van der Waals surface area contributed by atoms with Gasteiger partial charge in [-0.2, -0.15) is 4.31 Å². The van der Waals surface area contributed by atoms with Crippen LogP contribution in [0.4, 0.5) is 0 Å². The van der Waals surface area contributed by atoms with E-state index in [1.54, 1.807) is 30.6 Å². The lowest BCUT2D eigenvalue weighted by atomic mass is 10.3. The van der Waals surface area contributed by atoms with Crippen molar-refractivity contribution in [2.75, 3.05) is 0 Å². The Kier molecular flexibility index (Phi) is 4.41. The molecule has 1 aliphatic rings. The number of benzene rings is 1. The molecule has 0 atom stereocenters. The highest BCUT2D eigenvalue weighted by Gasteiger charge is 2.39. The van der Waals surface area contributed by atoms with E-state index >= 15 is 0 Å². The molecular formula is C15H14Cl2N2O2S. The van der Waals surface area contributed by atoms with Crippen LogP contribution in [0.15, 0.2) is 47.6 Å². The van der Waals surface area contributed by atoms with Gasteiger partial charge in [0.15, 0.2) is 0 Å². The van der Waals surface area contributed by atoms with Gasteiger partial charge in [-0.15, -0.1) is 0 Å². The van der Waals surface area contributed by atoms with Gasteiger partial charge in [-0.1, -0.05) is 29.3 Å². The van der Waals surface area contributed by atoms with Crippen LogP contribution >= 0.6 is 23.2 Å². The minimum Gasteiger partial charge on any atom is -0.265 e. The highest BCUT2D eigenvalue weighted by atomic mass is 35.5. The number of aromatic nitrogens is 1. The van der Waals surface area contributed by atoms with Crippen LogP contribution in [-0.2, 0) is 16.6 Å². The molecule has 0 N–H and O–H groups in total. The van der Waals surface area contributed by atoms with Crippen molar-refractivity contribution < 1.29 is 8.42 Å². The van der Waals surface area contributed by atoms with Crippen molar-refractivity contribution in [3.8, 4) is 0 Å². The second-order valence-electron chi connectivity index (χ2n) is 5.19. The van der Waals surface area contributed by atoms with Gasteiger partial charge in [-0.3, -0.25) is 4.98 Å². The van der Waals surface area contributed by atoms with Crippen LogP contribution in [0.2, 0.25) is 10.0 Å². The largest absolute Gasteiger partial charge is 0.265 e. The molecule has 0 bridgehead atoms. The molecule has 7 heteroatoms. The lowest BCUT2D eigenvalue weighted by Crippen LogP contribution is -2.33. The Hall–Kier alpha value is -1.14. The predicted molar refractivity (Wildman–Crippen MR) is 86.4 cm³/mol. The van der Waals surface area contributed by atoms with Crippen LogP contribution in [0.25, 0.3) is 0 Å². The molecule has 1 fully saturated rings. The zero-order valence-corrected chi connectivity index (χ0v) is 13.9. The smallest absolute Gasteiger partial charge is 0.246 e. The van der Waals surface area contributed by atoms with Gasteiger partial charge in [-0.05, 0) is 42.7 Å². The Morgan fingerprint density at radius 2 is 1.68 bits per heavy atom. The first-order chi connectivity index (χ1) is 10.5. The van der Waals surface area contributed by atoms with Crippen LogP contribution < -0.4 is 0 Å². The third-order valence-electron chi connectivity index (χ3n) is 3.53. The molecule has 0 amide bonds. The second-order valence-corrected chi connectivity index (χ2v) is 7.83. The van der Waals surface area contributed by atoms with E-state index in [2.05, 4.69) is 4.98 Å². The number of hydrogen-bond acceptors (Lipinski definition) is 3. The minimum atomic E-state index is -3.75. The summed E-state index contributed by atoms with van der Waals surface area (Å²) in [6.07, 6.45) is 5.00. The molecule has 0 saturated heterocycles. The van der Waals surface area contributed by atoms with Gasteiger partial charge in [0.05, 0.1) is 10.0 Å². The summed E-state index contributed by atoms with van der Waals surface area (Å²) in [7, 11) is -3.75. The van der Waals surface area contributed by atoms with Crippen LogP contribution in [-0.4, -0.2) is 23.7 Å². The van der Waals surface area contributed by atoms with Gasteiger partial charge in [0.1, 0.15) is 4.90 Å². The first-order valence-corrected chi connectivity index (χ1v) is 9.04. The van der Waals surface area contributed by atoms with Crippen molar-refractivity contribution in [1.82, 2.24) is 9.29 Å². The standard InChI is InChI=1S/C15H14Cl2N2O2S/c16-13-2-1-3-14(17)15(13)22(20,21)19(12-4-5-12)10-11-6-8-18-9-7-11/h1-3,6-9,12H,4-5,10H2. The fourth-order valence-electron chi connectivity index (χ4n) is 2.29. The Labute approximate surface area is 139 Å². The first kappa shape index (κ1) is 15.7. The van der Waals surface area contributed by atoms with E-state index in [9.17, 15) is 8.42 Å². The van der Waals surface area contributed by atoms with Crippen LogP contribution in [0.1, 0.15) is 18.4 Å². The predicted octanol–water partition coefficient (Wildman–Crippen LogP) is 3.74. The van der Waals surface area contributed by atoms with Gasteiger partial charge in [0.2, 0.25) is 10.0 Å². The highest BCUT2D eigenvalue weighted by Crippen LogP contribution is 2.38. The van der Waals surface area contributed by atoms with Gasteiger partial charge < -0.3 is 0 Å². The number of halogens is 2. The molecule has 1 saturated carbocycles. The molecule has 3 rings (SSSR count). The molecule has 0 radical (unpaired) electrons. The van der Waals surface area contributed by atoms with Crippen LogP contribution in [0.5, 0.6) is 0 Å². The molecular weight excluding hydrogens is 343 g/mol. The molecule has 1 aromatic carbocycles. The summed E-state index contributed by atoms with van der Waals surface area (Å²) in [5.74, 6) is 0. The molecule has 2 aromatic rings. The van der Waals surface area contributed by atoms with Gasteiger partial charge in [0.25, 0.3) is 0 Å². The number of nitrogens with zero attached hydrogens (tertiary/aromatic N) is 2. The molecule has 1 aromatic heterocycles. The lowest BCUT2D eigenvalue weighted by Gasteiger charge is -2.23. The average molecular weight is 357 g/mol. The van der Waals surface area contributed by atoms with E-state index in [1.807, 2.05) is 0 Å². The Balaban J connectivity index is 2.01. The number of hydrogen-bond donors (Lipinski definition) is 0. The summed E-state index contributed by atoms with van der Waals surface area (Å²) >= 11 is 12.2.